The first-order valence-electron chi connectivity index (χ1n) is 4.63. The maximum absolute atomic E-state index is 12.9. The molecule has 0 saturated carbocycles. The van der Waals surface area contributed by atoms with Crippen LogP contribution in [0.15, 0.2) is 18.2 Å². The molecule has 1 nitrogen and oxygen atoms in total. The van der Waals surface area contributed by atoms with Crippen LogP contribution < -0.4 is 4.74 Å². The molecule has 78 valence electrons. The molecule has 0 spiro atoms. The lowest BCUT2D eigenvalue weighted by molar-refractivity contribution is 0.273. The maximum Gasteiger partial charge on any atom is 0.126 e. The largest absolute Gasteiger partial charge is 0.493 e. The molecule has 0 aliphatic carbocycles. The standard InChI is InChI=1S/C11H15FOS/c1-8(7-14)6-13-10-3-4-11(12)9(2)5-10/h3-5,8,14H,6-7H2,1-2H3. The molecule has 0 N–H and O–H groups in total. The van der Waals surface area contributed by atoms with Gasteiger partial charge in [0.25, 0.3) is 0 Å². The van der Waals surface area contributed by atoms with Crippen LogP contribution in [0.3, 0.4) is 0 Å². The van der Waals surface area contributed by atoms with Crippen molar-refractivity contribution >= 4 is 12.6 Å². The summed E-state index contributed by atoms with van der Waals surface area (Å²) >= 11 is 4.16. The average molecular weight is 214 g/mol. The molecule has 0 aliphatic heterocycles. The van der Waals surface area contributed by atoms with Crippen LogP contribution in [0, 0.1) is 18.7 Å². The number of hydrogen-bond acceptors (Lipinski definition) is 2. The summed E-state index contributed by atoms with van der Waals surface area (Å²) in [6.45, 7) is 4.40. The second-order valence-corrected chi connectivity index (χ2v) is 3.87. The highest BCUT2D eigenvalue weighted by molar-refractivity contribution is 7.80. The summed E-state index contributed by atoms with van der Waals surface area (Å²) in [5, 5.41) is 0. The second-order valence-electron chi connectivity index (χ2n) is 3.51. The Morgan fingerprint density at radius 1 is 1.50 bits per heavy atom. The summed E-state index contributed by atoms with van der Waals surface area (Å²) in [5.74, 6) is 1.72. The van der Waals surface area contributed by atoms with E-state index in [0.29, 0.717) is 18.1 Å². The number of aryl methyl sites for hydroxylation is 1. The van der Waals surface area contributed by atoms with Crippen molar-refractivity contribution in [3.8, 4) is 5.75 Å². The Kier molecular flexibility index (Phi) is 4.26. The molecule has 0 aliphatic rings. The molecular weight excluding hydrogens is 199 g/mol. The third-order valence-electron chi connectivity index (χ3n) is 1.98. The molecule has 0 aromatic heterocycles. The van der Waals surface area contributed by atoms with Crippen molar-refractivity contribution in [3.05, 3.63) is 29.6 Å². The summed E-state index contributed by atoms with van der Waals surface area (Å²) < 4.78 is 18.4. The van der Waals surface area contributed by atoms with Crippen LogP contribution in [0.5, 0.6) is 5.75 Å². The van der Waals surface area contributed by atoms with E-state index in [-0.39, 0.29) is 5.82 Å². The van der Waals surface area contributed by atoms with Crippen LogP contribution >= 0.6 is 12.6 Å². The summed E-state index contributed by atoms with van der Waals surface area (Å²) in [6, 6.07) is 4.78. The van der Waals surface area contributed by atoms with Crippen molar-refractivity contribution in [2.75, 3.05) is 12.4 Å². The van der Waals surface area contributed by atoms with E-state index in [4.69, 9.17) is 4.74 Å². The van der Waals surface area contributed by atoms with Crippen LogP contribution in [-0.2, 0) is 0 Å². The van der Waals surface area contributed by atoms with Crippen LogP contribution in [0.25, 0.3) is 0 Å². The van der Waals surface area contributed by atoms with E-state index < -0.39 is 0 Å². The molecule has 0 saturated heterocycles. The number of thiol groups is 1. The lowest BCUT2D eigenvalue weighted by Gasteiger charge is -2.11. The molecule has 1 unspecified atom stereocenters. The Bertz CT molecular complexity index is 301. The number of benzene rings is 1. The molecule has 3 heteroatoms. The third-order valence-corrected chi connectivity index (χ3v) is 2.60. The Morgan fingerprint density at radius 3 is 2.79 bits per heavy atom. The SMILES string of the molecule is Cc1cc(OCC(C)CS)ccc1F. The molecule has 0 radical (unpaired) electrons. The van der Waals surface area contributed by atoms with Gasteiger partial charge in [-0.1, -0.05) is 6.92 Å². The molecule has 0 heterocycles. The van der Waals surface area contributed by atoms with Gasteiger partial charge in [-0.25, -0.2) is 4.39 Å². The first kappa shape index (κ1) is 11.4. The quantitative estimate of drug-likeness (QED) is 0.758. The molecule has 0 amide bonds. The topological polar surface area (TPSA) is 9.23 Å². The van der Waals surface area contributed by atoms with Crippen molar-refractivity contribution in [2.45, 2.75) is 13.8 Å². The smallest absolute Gasteiger partial charge is 0.126 e. The number of rotatable bonds is 4. The summed E-state index contributed by atoms with van der Waals surface area (Å²) in [5.41, 5.74) is 0.612. The van der Waals surface area contributed by atoms with Crippen molar-refractivity contribution in [3.63, 3.8) is 0 Å². The van der Waals surface area contributed by atoms with Gasteiger partial charge in [-0.3, -0.25) is 0 Å². The fourth-order valence-electron chi connectivity index (χ4n) is 0.998. The van der Waals surface area contributed by atoms with Crippen LogP contribution in [0.4, 0.5) is 4.39 Å². The lowest BCUT2D eigenvalue weighted by atomic mass is 10.2. The Labute approximate surface area is 89.7 Å². The van der Waals surface area contributed by atoms with E-state index in [1.807, 2.05) is 0 Å². The number of halogens is 1. The molecule has 0 fully saturated rings. The molecule has 14 heavy (non-hydrogen) atoms. The van der Waals surface area contributed by atoms with Crippen LogP contribution in [0.1, 0.15) is 12.5 Å². The van der Waals surface area contributed by atoms with E-state index in [1.165, 1.54) is 6.07 Å². The minimum Gasteiger partial charge on any atom is -0.493 e. The summed E-state index contributed by atoms with van der Waals surface area (Å²) in [6.07, 6.45) is 0. The molecule has 1 rings (SSSR count). The van der Waals surface area contributed by atoms with Crippen LogP contribution in [-0.4, -0.2) is 12.4 Å². The lowest BCUT2D eigenvalue weighted by Crippen LogP contribution is -2.09. The van der Waals surface area contributed by atoms with Crippen molar-refractivity contribution in [1.82, 2.24) is 0 Å². The summed E-state index contributed by atoms with van der Waals surface area (Å²) in [4.78, 5) is 0. The Morgan fingerprint density at radius 2 is 2.21 bits per heavy atom. The zero-order valence-electron chi connectivity index (χ0n) is 8.46. The van der Waals surface area contributed by atoms with E-state index in [0.717, 1.165) is 11.5 Å². The van der Waals surface area contributed by atoms with Gasteiger partial charge in [0.05, 0.1) is 6.61 Å². The van der Waals surface area contributed by atoms with Gasteiger partial charge in [-0.15, -0.1) is 0 Å². The van der Waals surface area contributed by atoms with Crippen LogP contribution in [0.2, 0.25) is 0 Å². The zero-order chi connectivity index (χ0) is 10.6. The van der Waals surface area contributed by atoms with Gasteiger partial charge in [0.15, 0.2) is 0 Å². The predicted molar refractivity (Wildman–Crippen MR) is 59.6 cm³/mol. The minimum absolute atomic E-state index is 0.195. The highest BCUT2D eigenvalue weighted by atomic mass is 32.1. The molecule has 1 atom stereocenters. The van der Waals surface area contributed by atoms with Gasteiger partial charge in [0, 0.05) is 0 Å². The van der Waals surface area contributed by atoms with Gasteiger partial charge in [-0.2, -0.15) is 12.6 Å². The molecule has 1 aromatic rings. The predicted octanol–water partition coefficient (Wildman–Crippen LogP) is 3.08. The molecule has 0 bridgehead atoms. The second kappa shape index (κ2) is 5.25. The summed E-state index contributed by atoms with van der Waals surface area (Å²) in [7, 11) is 0. The molecule has 1 aromatic carbocycles. The minimum atomic E-state index is -0.195. The normalized spacial score (nSPS) is 12.6. The van der Waals surface area contributed by atoms with Crippen molar-refractivity contribution in [2.24, 2.45) is 5.92 Å². The van der Waals surface area contributed by atoms with Crippen molar-refractivity contribution in [1.29, 1.82) is 0 Å². The monoisotopic (exact) mass is 214 g/mol. The zero-order valence-corrected chi connectivity index (χ0v) is 9.35. The van der Waals surface area contributed by atoms with Gasteiger partial charge >= 0.3 is 0 Å². The first-order chi connectivity index (χ1) is 6.63. The maximum atomic E-state index is 12.9. The van der Waals surface area contributed by atoms with Gasteiger partial charge in [0.2, 0.25) is 0 Å². The highest BCUT2D eigenvalue weighted by Gasteiger charge is 2.02. The van der Waals surface area contributed by atoms with Crippen molar-refractivity contribution < 1.29 is 9.13 Å². The van der Waals surface area contributed by atoms with E-state index in [1.54, 1.807) is 19.1 Å². The van der Waals surface area contributed by atoms with E-state index in [9.17, 15) is 4.39 Å². The number of hydrogen-bond donors (Lipinski definition) is 1. The molecular formula is C11H15FOS. The fraction of sp³-hybridized carbons (Fsp3) is 0.455. The fourth-order valence-corrected chi connectivity index (χ4v) is 1.10. The highest BCUT2D eigenvalue weighted by Crippen LogP contribution is 2.16. The van der Waals surface area contributed by atoms with E-state index in [2.05, 4.69) is 19.6 Å². The average Bonchev–Trinajstić information content (AvgIpc) is 2.19. The van der Waals surface area contributed by atoms with Gasteiger partial charge < -0.3 is 4.74 Å². The van der Waals surface area contributed by atoms with Gasteiger partial charge in [-0.05, 0) is 42.4 Å². The van der Waals surface area contributed by atoms with Gasteiger partial charge in [0.1, 0.15) is 11.6 Å². The number of ether oxygens (including phenoxy) is 1. The third kappa shape index (κ3) is 3.22. The first-order valence-corrected chi connectivity index (χ1v) is 5.26. The Hall–Kier alpha value is -0.700. The van der Waals surface area contributed by atoms with E-state index >= 15 is 0 Å². The Balaban J connectivity index is 2.55.